The molecule has 0 radical (unpaired) electrons. The Morgan fingerprint density at radius 1 is 1.47 bits per heavy atom. The smallest absolute Gasteiger partial charge is 0.226 e. The number of morpholine rings is 1. The second-order valence-electron chi connectivity index (χ2n) is 3.66. The normalized spacial score (nSPS) is 16.5. The first-order chi connectivity index (χ1) is 7.24. The number of carbonyl (C=O) groups excluding carboxylic acids is 1. The zero-order valence-corrected chi connectivity index (χ0v) is 10.1. The summed E-state index contributed by atoms with van der Waals surface area (Å²) < 4.78 is 5.20. The van der Waals surface area contributed by atoms with Crippen molar-refractivity contribution in [2.45, 2.75) is 12.8 Å². The molecular formula is C11H19NO2S. The summed E-state index contributed by atoms with van der Waals surface area (Å²) in [6.45, 7) is 6.74. The monoisotopic (exact) mass is 229 g/mol. The molecule has 0 aliphatic carbocycles. The maximum absolute atomic E-state index is 11.8. The third kappa shape index (κ3) is 4.71. The third-order valence-electron chi connectivity index (χ3n) is 2.42. The lowest BCUT2D eigenvalue weighted by Gasteiger charge is -2.27. The van der Waals surface area contributed by atoms with Gasteiger partial charge in [0.2, 0.25) is 5.91 Å². The van der Waals surface area contributed by atoms with Crippen LogP contribution in [0, 0.1) is 0 Å². The summed E-state index contributed by atoms with van der Waals surface area (Å²) in [5.74, 6) is 1.25. The molecule has 0 bridgehead atoms. The summed E-state index contributed by atoms with van der Waals surface area (Å²) in [7, 11) is 0. The summed E-state index contributed by atoms with van der Waals surface area (Å²) in [4.78, 5) is 13.6. The van der Waals surface area contributed by atoms with Crippen molar-refractivity contribution in [3.63, 3.8) is 0 Å². The number of ether oxygens (including phenoxy) is 1. The highest BCUT2D eigenvalue weighted by Crippen LogP contribution is 2.11. The molecule has 1 fully saturated rings. The maximum atomic E-state index is 11.8. The Balaban J connectivity index is 2.24. The van der Waals surface area contributed by atoms with Crippen LogP contribution >= 0.6 is 11.8 Å². The number of amides is 1. The van der Waals surface area contributed by atoms with Crippen molar-refractivity contribution in [3.8, 4) is 0 Å². The van der Waals surface area contributed by atoms with Crippen molar-refractivity contribution < 1.29 is 9.53 Å². The summed E-state index contributed by atoms with van der Waals surface area (Å²) in [6, 6.07) is 0. The lowest BCUT2D eigenvalue weighted by molar-refractivity contribution is -0.134. The van der Waals surface area contributed by atoms with Crippen LogP contribution in [0.2, 0.25) is 0 Å². The van der Waals surface area contributed by atoms with Crippen molar-refractivity contribution in [3.05, 3.63) is 12.2 Å². The van der Waals surface area contributed by atoms with Gasteiger partial charge in [-0.05, 0) is 18.4 Å². The van der Waals surface area contributed by atoms with Crippen molar-refractivity contribution in [2.75, 3.05) is 38.3 Å². The number of carbonyl (C=O) groups is 1. The molecule has 0 aromatic heterocycles. The van der Waals surface area contributed by atoms with Crippen LogP contribution in [0.1, 0.15) is 12.8 Å². The van der Waals surface area contributed by atoms with Crippen LogP contribution in [0.15, 0.2) is 12.2 Å². The van der Waals surface area contributed by atoms with Crippen LogP contribution in [-0.2, 0) is 9.53 Å². The van der Waals surface area contributed by atoms with Gasteiger partial charge in [-0.1, -0.05) is 12.2 Å². The Labute approximate surface area is 95.9 Å². The van der Waals surface area contributed by atoms with E-state index in [0.29, 0.717) is 19.6 Å². The second kappa shape index (κ2) is 6.90. The minimum Gasteiger partial charge on any atom is -0.378 e. The topological polar surface area (TPSA) is 29.5 Å². The molecule has 0 aromatic carbocycles. The standard InChI is InChI=1S/C11H19NO2S/c1-10(3-8-15-2)9-11(13)12-4-6-14-7-5-12/h1,3-9H2,2H3. The first-order valence-corrected chi connectivity index (χ1v) is 6.64. The van der Waals surface area contributed by atoms with Crippen molar-refractivity contribution in [1.82, 2.24) is 4.90 Å². The molecule has 86 valence electrons. The van der Waals surface area contributed by atoms with Gasteiger partial charge in [-0.25, -0.2) is 0 Å². The molecule has 15 heavy (non-hydrogen) atoms. The number of thioether (sulfide) groups is 1. The Morgan fingerprint density at radius 3 is 2.73 bits per heavy atom. The van der Waals surface area contributed by atoms with Crippen LogP contribution in [0.3, 0.4) is 0 Å². The summed E-state index contributed by atoms with van der Waals surface area (Å²) >= 11 is 1.79. The minimum atomic E-state index is 0.199. The Kier molecular flexibility index (Phi) is 5.79. The van der Waals surface area contributed by atoms with Crippen LogP contribution in [-0.4, -0.2) is 49.1 Å². The molecule has 1 rings (SSSR count). The third-order valence-corrected chi connectivity index (χ3v) is 3.04. The first kappa shape index (κ1) is 12.6. The van der Waals surface area contributed by atoms with Gasteiger partial charge in [0.1, 0.15) is 0 Å². The van der Waals surface area contributed by atoms with Crippen LogP contribution in [0.4, 0.5) is 0 Å². The summed E-state index contributed by atoms with van der Waals surface area (Å²) in [5, 5.41) is 0. The van der Waals surface area contributed by atoms with E-state index in [-0.39, 0.29) is 5.91 Å². The van der Waals surface area contributed by atoms with Gasteiger partial charge in [0.25, 0.3) is 0 Å². The average Bonchev–Trinajstić information content (AvgIpc) is 2.27. The fourth-order valence-corrected chi connectivity index (χ4v) is 1.97. The maximum Gasteiger partial charge on any atom is 0.226 e. The molecule has 0 N–H and O–H groups in total. The van der Waals surface area contributed by atoms with Crippen molar-refractivity contribution >= 4 is 17.7 Å². The fourth-order valence-electron chi connectivity index (χ4n) is 1.47. The van der Waals surface area contributed by atoms with Crippen LogP contribution in [0.5, 0.6) is 0 Å². The van der Waals surface area contributed by atoms with Gasteiger partial charge in [-0.3, -0.25) is 4.79 Å². The molecule has 0 aromatic rings. The lowest BCUT2D eigenvalue weighted by atomic mass is 10.1. The predicted octanol–water partition coefficient (Wildman–Crippen LogP) is 1.54. The zero-order chi connectivity index (χ0) is 11.1. The second-order valence-corrected chi connectivity index (χ2v) is 4.65. The largest absolute Gasteiger partial charge is 0.378 e. The van der Waals surface area contributed by atoms with Gasteiger partial charge in [-0.2, -0.15) is 11.8 Å². The van der Waals surface area contributed by atoms with E-state index in [0.717, 1.165) is 30.8 Å². The van der Waals surface area contributed by atoms with E-state index >= 15 is 0 Å². The molecule has 1 aliphatic heterocycles. The molecule has 3 nitrogen and oxygen atoms in total. The molecule has 1 saturated heterocycles. The van der Waals surface area contributed by atoms with E-state index < -0.39 is 0 Å². The van der Waals surface area contributed by atoms with E-state index in [1.54, 1.807) is 11.8 Å². The van der Waals surface area contributed by atoms with Gasteiger partial charge < -0.3 is 9.64 Å². The first-order valence-electron chi connectivity index (χ1n) is 5.25. The highest BCUT2D eigenvalue weighted by Gasteiger charge is 2.16. The quantitative estimate of drug-likeness (QED) is 0.670. The molecular weight excluding hydrogens is 210 g/mol. The minimum absolute atomic E-state index is 0.199. The van der Waals surface area contributed by atoms with E-state index in [1.807, 2.05) is 4.90 Å². The van der Waals surface area contributed by atoms with Crippen molar-refractivity contribution in [2.24, 2.45) is 0 Å². The Hall–Kier alpha value is -0.480. The molecule has 0 spiro atoms. The average molecular weight is 229 g/mol. The number of rotatable bonds is 5. The van der Waals surface area contributed by atoms with Gasteiger partial charge >= 0.3 is 0 Å². The molecule has 1 amide bonds. The number of hydrogen-bond acceptors (Lipinski definition) is 3. The van der Waals surface area contributed by atoms with E-state index in [4.69, 9.17) is 4.74 Å². The Bertz CT molecular complexity index is 225. The van der Waals surface area contributed by atoms with Gasteiger partial charge in [-0.15, -0.1) is 0 Å². The highest BCUT2D eigenvalue weighted by atomic mass is 32.2. The molecule has 0 atom stereocenters. The Morgan fingerprint density at radius 2 is 2.13 bits per heavy atom. The van der Waals surface area contributed by atoms with Gasteiger partial charge in [0, 0.05) is 19.5 Å². The number of nitrogens with zero attached hydrogens (tertiary/aromatic N) is 1. The summed E-state index contributed by atoms with van der Waals surface area (Å²) in [6.07, 6.45) is 3.51. The molecule has 0 unspecified atom stereocenters. The van der Waals surface area contributed by atoms with Gasteiger partial charge in [0.15, 0.2) is 0 Å². The van der Waals surface area contributed by atoms with Gasteiger partial charge in [0.05, 0.1) is 13.2 Å². The molecule has 1 aliphatic rings. The SMILES string of the molecule is C=C(CCSC)CC(=O)N1CCOCC1. The summed E-state index contributed by atoms with van der Waals surface area (Å²) in [5.41, 5.74) is 1.04. The predicted molar refractivity (Wildman–Crippen MR) is 64.2 cm³/mol. The zero-order valence-electron chi connectivity index (χ0n) is 9.33. The van der Waals surface area contributed by atoms with E-state index in [1.165, 1.54) is 0 Å². The van der Waals surface area contributed by atoms with E-state index in [2.05, 4.69) is 12.8 Å². The van der Waals surface area contributed by atoms with Crippen LogP contribution in [0.25, 0.3) is 0 Å². The number of hydrogen-bond donors (Lipinski definition) is 0. The molecule has 0 saturated carbocycles. The molecule has 1 heterocycles. The van der Waals surface area contributed by atoms with E-state index in [9.17, 15) is 4.79 Å². The van der Waals surface area contributed by atoms with Crippen molar-refractivity contribution in [1.29, 1.82) is 0 Å². The lowest BCUT2D eigenvalue weighted by Crippen LogP contribution is -2.40. The molecule has 4 heteroatoms. The fraction of sp³-hybridized carbons (Fsp3) is 0.727. The highest BCUT2D eigenvalue weighted by molar-refractivity contribution is 7.98. The van der Waals surface area contributed by atoms with Crippen LogP contribution < -0.4 is 0 Å².